The van der Waals surface area contributed by atoms with Gasteiger partial charge < -0.3 is 4.74 Å². The number of aromatic nitrogens is 1. The number of esters is 1. The molecule has 32 heavy (non-hydrogen) atoms. The molecule has 158 valence electrons. The van der Waals surface area contributed by atoms with Gasteiger partial charge >= 0.3 is 5.97 Å². The number of ether oxygens (including phenoxy) is 1. The average Bonchev–Trinajstić information content (AvgIpc) is 2.88. The summed E-state index contributed by atoms with van der Waals surface area (Å²) in [5, 5.41) is 3.17. The summed E-state index contributed by atoms with van der Waals surface area (Å²) in [6.45, 7) is 0. The van der Waals surface area contributed by atoms with Gasteiger partial charge in [-0.1, -0.05) is 91.0 Å². The summed E-state index contributed by atoms with van der Waals surface area (Å²) in [5.74, 6) is -0.478. The van der Waals surface area contributed by atoms with Gasteiger partial charge in [-0.3, -0.25) is 4.98 Å². The molecule has 0 fully saturated rings. The summed E-state index contributed by atoms with van der Waals surface area (Å²) in [6.07, 6.45) is 5.14. The monoisotopic (exact) mass is 438 g/mol. The van der Waals surface area contributed by atoms with E-state index in [0.29, 0.717) is 0 Å². The number of pyridine rings is 1. The number of carbonyl (C=O) groups is 1. The molecule has 0 radical (unpaired) electrons. The molecule has 4 nitrogen and oxygen atoms in total. The van der Waals surface area contributed by atoms with Gasteiger partial charge in [0.15, 0.2) is 0 Å². The van der Waals surface area contributed by atoms with Crippen LogP contribution in [0.5, 0.6) is 0 Å². The van der Waals surface area contributed by atoms with Crippen molar-refractivity contribution in [2.24, 2.45) is 4.74 Å². The highest BCUT2D eigenvalue weighted by molar-refractivity contribution is 7.87. The Hall–Kier alpha value is -3.75. The van der Waals surface area contributed by atoms with Crippen molar-refractivity contribution in [3.8, 4) is 0 Å². The molecule has 4 aromatic rings. The molecule has 0 saturated heterocycles. The van der Waals surface area contributed by atoms with Gasteiger partial charge in [0.2, 0.25) is 0 Å². The van der Waals surface area contributed by atoms with Crippen LogP contribution in [-0.4, -0.2) is 18.1 Å². The molecular weight excluding hydrogens is 415 g/mol. The Balaban J connectivity index is 2.12. The maximum absolute atomic E-state index is 12.9. The smallest absolute Gasteiger partial charge is 0.356 e. The number of carbonyl (C=O) groups excluding carboxylic acids is 1. The SMILES string of the molecule is COC(=O)C(=Cc1ccncc1)N=P(c1ccccc1)(c1ccccc1)c1ccccc1. The van der Waals surface area contributed by atoms with Crippen molar-refractivity contribution in [2.75, 3.05) is 7.11 Å². The van der Waals surface area contributed by atoms with E-state index in [2.05, 4.69) is 41.4 Å². The lowest BCUT2D eigenvalue weighted by Crippen LogP contribution is -2.26. The molecule has 1 aromatic heterocycles. The molecule has 0 amide bonds. The highest BCUT2D eigenvalue weighted by Crippen LogP contribution is 2.48. The zero-order chi connectivity index (χ0) is 22.2. The fourth-order valence-electron chi connectivity index (χ4n) is 3.56. The van der Waals surface area contributed by atoms with Gasteiger partial charge in [-0.2, -0.15) is 0 Å². The first-order valence-electron chi connectivity index (χ1n) is 10.2. The van der Waals surface area contributed by atoms with Crippen LogP contribution in [0.25, 0.3) is 6.08 Å². The standard InChI is InChI=1S/C27H23N2O2P/c1-31-27(30)26(21-22-17-19-28-20-18-22)29-32(23-11-5-2-6-12-23,24-13-7-3-8-14-24)25-15-9-4-10-16-25/h2-21H,1H3. The van der Waals surface area contributed by atoms with E-state index in [-0.39, 0.29) is 5.70 Å². The highest BCUT2D eigenvalue weighted by Gasteiger charge is 2.29. The Labute approximate surface area is 188 Å². The van der Waals surface area contributed by atoms with E-state index in [0.717, 1.165) is 21.5 Å². The third kappa shape index (κ3) is 4.46. The van der Waals surface area contributed by atoms with E-state index in [1.54, 1.807) is 18.5 Å². The van der Waals surface area contributed by atoms with Crippen molar-refractivity contribution >= 4 is 35.0 Å². The second kappa shape index (κ2) is 10.0. The molecule has 0 aliphatic heterocycles. The van der Waals surface area contributed by atoms with E-state index >= 15 is 0 Å². The van der Waals surface area contributed by atoms with Gasteiger partial charge in [0, 0.05) is 28.3 Å². The second-order valence-corrected chi connectivity index (χ2v) is 10.1. The van der Waals surface area contributed by atoms with E-state index in [9.17, 15) is 4.79 Å². The molecule has 5 heteroatoms. The average molecular weight is 438 g/mol. The predicted molar refractivity (Wildman–Crippen MR) is 132 cm³/mol. The Morgan fingerprint density at radius 1 is 0.750 bits per heavy atom. The minimum atomic E-state index is -2.57. The van der Waals surface area contributed by atoms with Gasteiger partial charge in [-0.25, -0.2) is 9.54 Å². The number of hydrogen-bond acceptors (Lipinski definition) is 4. The second-order valence-electron chi connectivity index (χ2n) is 7.04. The van der Waals surface area contributed by atoms with Crippen LogP contribution in [0.3, 0.4) is 0 Å². The largest absolute Gasteiger partial charge is 0.464 e. The Morgan fingerprint density at radius 2 is 1.19 bits per heavy atom. The maximum Gasteiger partial charge on any atom is 0.356 e. The van der Waals surface area contributed by atoms with Crippen molar-refractivity contribution in [2.45, 2.75) is 0 Å². The molecule has 0 unspecified atom stereocenters. The molecule has 0 aliphatic rings. The molecule has 0 spiro atoms. The topological polar surface area (TPSA) is 51.5 Å². The Kier molecular flexibility index (Phi) is 6.74. The van der Waals surface area contributed by atoms with Crippen molar-refractivity contribution in [3.05, 3.63) is 127 Å². The summed E-state index contributed by atoms with van der Waals surface area (Å²) in [7, 11) is -1.19. The predicted octanol–water partition coefficient (Wildman–Crippen LogP) is 4.77. The summed E-state index contributed by atoms with van der Waals surface area (Å²) in [5.41, 5.74) is 1.10. The minimum absolute atomic E-state index is 0.267. The Bertz CT molecular complexity index is 1150. The minimum Gasteiger partial charge on any atom is -0.464 e. The van der Waals surface area contributed by atoms with E-state index in [4.69, 9.17) is 9.48 Å². The highest BCUT2D eigenvalue weighted by atomic mass is 31.2. The van der Waals surface area contributed by atoms with Crippen molar-refractivity contribution in [1.29, 1.82) is 0 Å². The van der Waals surface area contributed by atoms with Crippen LogP contribution in [0.15, 0.2) is 126 Å². The first kappa shape index (κ1) is 21.5. The molecule has 0 N–H and O–H groups in total. The van der Waals surface area contributed by atoms with Crippen LogP contribution in [0.1, 0.15) is 5.56 Å². The summed E-state index contributed by atoms with van der Waals surface area (Å²) in [6, 6.07) is 34.2. The molecule has 1 heterocycles. The molecule has 0 atom stereocenters. The van der Waals surface area contributed by atoms with Gasteiger partial charge in [0.05, 0.1) is 14.2 Å². The lowest BCUT2D eigenvalue weighted by Gasteiger charge is -2.27. The summed E-state index contributed by atoms with van der Waals surface area (Å²) < 4.78 is 10.4. The van der Waals surface area contributed by atoms with Gasteiger partial charge in [0.25, 0.3) is 0 Å². The van der Waals surface area contributed by atoms with Crippen LogP contribution < -0.4 is 15.9 Å². The molecular formula is C27H23N2O2P. The first-order valence-corrected chi connectivity index (χ1v) is 12.0. The maximum atomic E-state index is 12.9. The Morgan fingerprint density at radius 3 is 1.59 bits per heavy atom. The molecule has 4 rings (SSSR count). The molecule has 3 aromatic carbocycles. The van der Waals surface area contributed by atoms with Crippen LogP contribution in [0.2, 0.25) is 0 Å². The summed E-state index contributed by atoms with van der Waals surface area (Å²) >= 11 is 0. The molecule has 0 bridgehead atoms. The van der Waals surface area contributed by atoms with Crippen molar-refractivity contribution < 1.29 is 9.53 Å². The number of benzene rings is 3. The fourth-order valence-corrected chi connectivity index (χ4v) is 7.08. The molecule has 0 saturated carbocycles. The third-order valence-corrected chi connectivity index (χ3v) is 8.70. The summed E-state index contributed by atoms with van der Waals surface area (Å²) in [4.78, 5) is 17.0. The zero-order valence-electron chi connectivity index (χ0n) is 17.7. The first-order chi connectivity index (χ1) is 15.7. The zero-order valence-corrected chi connectivity index (χ0v) is 18.6. The fraction of sp³-hybridized carbons (Fsp3) is 0.0370. The van der Waals surface area contributed by atoms with Crippen LogP contribution in [-0.2, 0) is 9.53 Å². The van der Waals surface area contributed by atoms with E-state index < -0.39 is 13.0 Å². The van der Waals surface area contributed by atoms with E-state index in [1.165, 1.54) is 7.11 Å². The van der Waals surface area contributed by atoms with Crippen LogP contribution >= 0.6 is 7.05 Å². The van der Waals surface area contributed by atoms with Crippen LogP contribution in [0, 0.1) is 0 Å². The number of methoxy groups -OCH3 is 1. The third-order valence-electron chi connectivity index (χ3n) is 5.05. The lowest BCUT2D eigenvalue weighted by atomic mass is 10.2. The quantitative estimate of drug-likeness (QED) is 0.248. The number of rotatable bonds is 6. The van der Waals surface area contributed by atoms with Crippen molar-refractivity contribution in [1.82, 2.24) is 4.98 Å². The lowest BCUT2D eigenvalue weighted by molar-refractivity contribution is -0.136. The van der Waals surface area contributed by atoms with Gasteiger partial charge in [-0.15, -0.1) is 0 Å². The van der Waals surface area contributed by atoms with Gasteiger partial charge in [0.1, 0.15) is 5.70 Å². The van der Waals surface area contributed by atoms with E-state index in [1.807, 2.05) is 66.7 Å². The normalized spacial score (nSPS) is 11.6. The number of hydrogen-bond donors (Lipinski definition) is 0. The van der Waals surface area contributed by atoms with Crippen LogP contribution in [0.4, 0.5) is 0 Å². The molecule has 0 aliphatic carbocycles. The van der Waals surface area contributed by atoms with Gasteiger partial charge in [-0.05, 0) is 23.8 Å². The van der Waals surface area contributed by atoms with Crippen molar-refractivity contribution in [3.63, 3.8) is 0 Å². The number of nitrogens with zero attached hydrogens (tertiary/aromatic N) is 2.